The van der Waals surface area contributed by atoms with E-state index in [1.165, 1.54) is 12.8 Å². The van der Waals surface area contributed by atoms with Gasteiger partial charge in [0.2, 0.25) is 5.91 Å². The highest BCUT2D eigenvalue weighted by Crippen LogP contribution is 2.47. The lowest BCUT2D eigenvalue weighted by Crippen LogP contribution is -2.40. The monoisotopic (exact) mass is 318 g/mol. The summed E-state index contributed by atoms with van der Waals surface area (Å²) in [4.78, 5) is 16.0. The first-order valence-corrected chi connectivity index (χ1v) is 9.05. The van der Waals surface area contributed by atoms with Crippen LogP contribution in [0.4, 0.5) is 0 Å². The molecule has 5 heteroatoms. The Kier molecular flexibility index (Phi) is 3.78. The predicted octanol–water partition coefficient (Wildman–Crippen LogP) is 2.00. The highest BCUT2D eigenvalue weighted by molar-refractivity contribution is 8.00. The number of methoxy groups -OCH3 is 1. The van der Waals surface area contributed by atoms with E-state index in [4.69, 9.17) is 4.74 Å². The van der Waals surface area contributed by atoms with E-state index in [1.807, 2.05) is 24.3 Å². The lowest BCUT2D eigenvalue weighted by molar-refractivity contribution is -0.130. The zero-order chi connectivity index (χ0) is 15.1. The average Bonchev–Trinajstić information content (AvgIpc) is 3.24. The summed E-state index contributed by atoms with van der Waals surface area (Å²) in [7, 11) is 1.67. The molecular weight excluding hydrogens is 296 g/mol. The van der Waals surface area contributed by atoms with Crippen molar-refractivity contribution in [3.8, 4) is 5.75 Å². The van der Waals surface area contributed by atoms with Gasteiger partial charge in [0, 0.05) is 30.1 Å². The van der Waals surface area contributed by atoms with Crippen molar-refractivity contribution in [2.75, 3.05) is 26.0 Å². The first kappa shape index (κ1) is 14.4. The van der Waals surface area contributed by atoms with Gasteiger partial charge in [-0.25, -0.2) is 0 Å². The molecule has 3 aliphatic heterocycles. The molecule has 3 heterocycles. The third kappa shape index (κ3) is 2.31. The molecule has 4 atom stereocenters. The van der Waals surface area contributed by atoms with E-state index in [0.717, 1.165) is 23.7 Å². The van der Waals surface area contributed by atoms with Crippen molar-refractivity contribution in [1.82, 2.24) is 10.2 Å². The number of carbonyl (C=O) groups excluding carboxylic acids is 1. The molecular formula is C17H22N2O2S. The van der Waals surface area contributed by atoms with Crippen molar-refractivity contribution in [1.29, 1.82) is 0 Å². The average molecular weight is 318 g/mol. The first-order valence-electron chi connectivity index (χ1n) is 8.06. The standard InChI is InChI=1S/C17H22N2O2S/c1-21-11-3-2-4-12(7-11)22-10-17(20)19-15-5-6-16(19)14-9-18-8-13(14)15/h2-4,7,13-16,18H,5-6,8-10H2,1H3/t13-,14+,15-,16+. The number of carbonyl (C=O) groups is 1. The molecule has 4 nitrogen and oxygen atoms in total. The molecule has 3 aliphatic rings. The molecule has 3 saturated heterocycles. The Morgan fingerprint density at radius 3 is 2.73 bits per heavy atom. The largest absolute Gasteiger partial charge is 0.497 e. The van der Waals surface area contributed by atoms with E-state index >= 15 is 0 Å². The van der Waals surface area contributed by atoms with Crippen LogP contribution >= 0.6 is 11.8 Å². The van der Waals surface area contributed by atoms with Gasteiger partial charge in [0.05, 0.1) is 12.9 Å². The SMILES string of the molecule is COc1cccc(SCC(=O)N2[C@@H]3CC[C@H]2[C@H]2CNC[C@H]23)c1. The number of nitrogens with one attached hydrogen (secondary N) is 1. The van der Waals surface area contributed by atoms with Gasteiger partial charge in [0.1, 0.15) is 5.75 Å². The molecule has 2 bridgehead atoms. The molecule has 0 aromatic heterocycles. The Morgan fingerprint density at radius 2 is 2.05 bits per heavy atom. The lowest BCUT2D eigenvalue weighted by atomic mass is 9.82. The van der Waals surface area contributed by atoms with Crippen LogP contribution in [0.2, 0.25) is 0 Å². The van der Waals surface area contributed by atoms with Crippen LogP contribution in [0.3, 0.4) is 0 Å². The second-order valence-corrected chi connectivity index (χ2v) is 7.52. The van der Waals surface area contributed by atoms with Crippen molar-refractivity contribution in [2.24, 2.45) is 11.8 Å². The Morgan fingerprint density at radius 1 is 1.32 bits per heavy atom. The Bertz CT molecular complexity index is 562. The summed E-state index contributed by atoms with van der Waals surface area (Å²) in [5.41, 5.74) is 0. The van der Waals surface area contributed by atoms with Crippen molar-refractivity contribution >= 4 is 17.7 Å². The van der Waals surface area contributed by atoms with E-state index in [-0.39, 0.29) is 0 Å². The van der Waals surface area contributed by atoms with E-state index in [0.29, 0.717) is 35.6 Å². The van der Waals surface area contributed by atoms with Gasteiger partial charge in [-0.2, -0.15) is 0 Å². The van der Waals surface area contributed by atoms with Crippen molar-refractivity contribution < 1.29 is 9.53 Å². The number of nitrogens with zero attached hydrogens (tertiary/aromatic N) is 1. The summed E-state index contributed by atoms with van der Waals surface area (Å²) in [6.07, 6.45) is 2.39. The third-order valence-electron chi connectivity index (χ3n) is 5.46. The highest BCUT2D eigenvalue weighted by atomic mass is 32.2. The molecule has 3 fully saturated rings. The predicted molar refractivity (Wildman–Crippen MR) is 87.2 cm³/mol. The Hall–Kier alpha value is -1.20. The summed E-state index contributed by atoms with van der Waals surface area (Å²) in [5.74, 6) is 3.09. The van der Waals surface area contributed by atoms with Crippen LogP contribution in [-0.2, 0) is 4.79 Å². The summed E-state index contributed by atoms with van der Waals surface area (Å²) < 4.78 is 5.24. The van der Waals surface area contributed by atoms with E-state index < -0.39 is 0 Å². The van der Waals surface area contributed by atoms with E-state index in [2.05, 4.69) is 10.2 Å². The molecule has 1 aromatic carbocycles. The molecule has 118 valence electrons. The number of rotatable bonds is 4. The second kappa shape index (κ2) is 5.78. The molecule has 1 amide bonds. The van der Waals surface area contributed by atoms with Gasteiger partial charge in [-0.15, -0.1) is 11.8 Å². The fourth-order valence-electron chi connectivity index (χ4n) is 4.55. The molecule has 1 aromatic rings. The fraction of sp³-hybridized carbons (Fsp3) is 0.588. The zero-order valence-electron chi connectivity index (χ0n) is 12.8. The second-order valence-electron chi connectivity index (χ2n) is 6.47. The molecule has 0 radical (unpaired) electrons. The van der Waals surface area contributed by atoms with Crippen molar-refractivity contribution in [3.63, 3.8) is 0 Å². The van der Waals surface area contributed by atoms with E-state index in [9.17, 15) is 4.79 Å². The van der Waals surface area contributed by atoms with Crippen molar-refractivity contribution in [3.05, 3.63) is 24.3 Å². The van der Waals surface area contributed by atoms with Gasteiger partial charge in [0.15, 0.2) is 0 Å². The molecule has 0 aliphatic carbocycles. The van der Waals surface area contributed by atoms with Gasteiger partial charge >= 0.3 is 0 Å². The maximum Gasteiger partial charge on any atom is 0.233 e. The lowest BCUT2D eigenvalue weighted by Gasteiger charge is -2.24. The van der Waals surface area contributed by atoms with Gasteiger partial charge in [-0.3, -0.25) is 4.79 Å². The van der Waals surface area contributed by atoms with Crippen LogP contribution in [0.25, 0.3) is 0 Å². The quantitative estimate of drug-likeness (QED) is 0.862. The maximum atomic E-state index is 12.7. The number of hydrogen-bond donors (Lipinski definition) is 1. The minimum absolute atomic E-state index is 0.315. The maximum absolute atomic E-state index is 12.7. The van der Waals surface area contributed by atoms with Crippen LogP contribution in [0.15, 0.2) is 29.2 Å². The third-order valence-corrected chi connectivity index (χ3v) is 6.44. The molecule has 0 spiro atoms. The molecule has 22 heavy (non-hydrogen) atoms. The minimum Gasteiger partial charge on any atom is -0.497 e. The van der Waals surface area contributed by atoms with Crippen LogP contribution in [0, 0.1) is 11.8 Å². The van der Waals surface area contributed by atoms with Crippen LogP contribution in [-0.4, -0.2) is 48.8 Å². The number of fused-ring (bicyclic) bond motifs is 5. The van der Waals surface area contributed by atoms with Crippen LogP contribution in [0.5, 0.6) is 5.75 Å². The van der Waals surface area contributed by atoms with Crippen molar-refractivity contribution in [2.45, 2.75) is 29.8 Å². The number of amides is 1. The number of thioether (sulfide) groups is 1. The van der Waals surface area contributed by atoms with Crippen LogP contribution < -0.4 is 10.1 Å². The fourth-order valence-corrected chi connectivity index (χ4v) is 5.36. The number of hydrogen-bond acceptors (Lipinski definition) is 4. The summed E-state index contributed by atoms with van der Waals surface area (Å²) in [6.45, 7) is 2.19. The normalized spacial score (nSPS) is 32.3. The summed E-state index contributed by atoms with van der Waals surface area (Å²) in [5, 5.41) is 3.50. The zero-order valence-corrected chi connectivity index (χ0v) is 13.6. The van der Waals surface area contributed by atoms with Gasteiger partial charge < -0.3 is 15.0 Å². The minimum atomic E-state index is 0.315. The Labute approximate surface area is 135 Å². The number of benzene rings is 1. The molecule has 0 saturated carbocycles. The number of ether oxygens (including phenoxy) is 1. The molecule has 1 N–H and O–H groups in total. The van der Waals surface area contributed by atoms with Gasteiger partial charge in [-0.1, -0.05) is 6.07 Å². The van der Waals surface area contributed by atoms with Gasteiger partial charge in [0.25, 0.3) is 0 Å². The first-order chi connectivity index (χ1) is 10.8. The Balaban J connectivity index is 1.41. The smallest absolute Gasteiger partial charge is 0.233 e. The highest BCUT2D eigenvalue weighted by Gasteiger charge is 2.55. The van der Waals surface area contributed by atoms with E-state index in [1.54, 1.807) is 18.9 Å². The molecule has 4 rings (SSSR count). The topological polar surface area (TPSA) is 41.6 Å². The summed E-state index contributed by atoms with van der Waals surface area (Å²) >= 11 is 1.62. The van der Waals surface area contributed by atoms with Gasteiger partial charge in [-0.05, 0) is 42.9 Å². The molecule has 0 unspecified atom stereocenters. The van der Waals surface area contributed by atoms with Crippen LogP contribution in [0.1, 0.15) is 12.8 Å². The summed E-state index contributed by atoms with van der Waals surface area (Å²) in [6, 6.07) is 8.92.